The van der Waals surface area contributed by atoms with Crippen LogP contribution in [0, 0.1) is 0 Å². The second-order valence-corrected chi connectivity index (χ2v) is 6.44. The summed E-state index contributed by atoms with van der Waals surface area (Å²) < 4.78 is 5.69. The molecule has 0 spiro atoms. The zero-order valence-corrected chi connectivity index (χ0v) is 14.7. The van der Waals surface area contributed by atoms with Crippen molar-refractivity contribution in [2.24, 2.45) is 0 Å². The molecule has 1 aromatic rings. The number of ether oxygens (including phenoxy) is 1. The number of nitrogens with one attached hydrogen (secondary N) is 2. The molecule has 6 heteroatoms. The predicted octanol–water partition coefficient (Wildman–Crippen LogP) is 2.15. The Morgan fingerprint density at radius 2 is 2.13 bits per heavy atom. The third-order valence-corrected chi connectivity index (χ3v) is 3.93. The highest BCUT2D eigenvalue weighted by atomic mass is 35.5. The van der Waals surface area contributed by atoms with Gasteiger partial charge < -0.3 is 20.3 Å². The maximum absolute atomic E-state index is 12.4. The van der Waals surface area contributed by atoms with E-state index >= 15 is 0 Å². The van der Waals surface area contributed by atoms with E-state index in [2.05, 4.69) is 15.5 Å². The van der Waals surface area contributed by atoms with Crippen LogP contribution in [0.15, 0.2) is 18.2 Å². The van der Waals surface area contributed by atoms with E-state index < -0.39 is 0 Å². The molecule has 0 unspecified atom stereocenters. The molecule has 1 aromatic carbocycles. The van der Waals surface area contributed by atoms with Gasteiger partial charge in [-0.3, -0.25) is 4.79 Å². The molecule has 0 aromatic heterocycles. The van der Waals surface area contributed by atoms with E-state index in [9.17, 15) is 4.79 Å². The molecule has 1 aliphatic heterocycles. The number of carbonyl (C=O) groups is 1. The van der Waals surface area contributed by atoms with Crippen molar-refractivity contribution in [2.45, 2.75) is 26.4 Å². The number of hydrogen-bond acceptors (Lipinski definition) is 4. The van der Waals surface area contributed by atoms with Gasteiger partial charge in [0, 0.05) is 37.7 Å². The third kappa shape index (κ3) is 6.01. The monoisotopic (exact) mass is 339 g/mol. The van der Waals surface area contributed by atoms with E-state index in [-0.39, 0.29) is 12.0 Å². The summed E-state index contributed by atoms with van der Waals surface area (Å²) in [5.41, 5.74) is 0.494. The van der Waals surface area contributed by atoms with Gasteiger partial charge in [0.2, 0.25) is 0 Å². The van der Waals surface area contributed by atoms with Crippen LogP contribution in [-0.2, 0) is 0 Å². The maximum atomic E-state index is 12.4. The van der Waals surface area contributed by atoms with E-state index in [1.54, 1.807) is 18.2 Å². The molecule has 128 valence electrons. The molecule has 1 amide bonds. The van der Waals surface area contributed by atoms with Crippen LogP contribution in [0.3, 0.4) is 0 Å². The van der Waals surface area contributed by atoms with E-state index in [1.165, 1.54) is 0 Å². The molecule has 1 aliphatic rings. The van der Waals surface area contributed by atoms with Gasteiger partial charge in [-0.15, -0.1) is 0 Å². The number of halogens is 1. The van der Waals surface area contributed by atoms with Crippen molar-refractivity contribution in [3.63, 3.8) is 0 Å². The highest BCUT2D eigenvalue weighted by Crippen LogP contribution is 2.23. The molecule has 1 fully saturated rings. The average molecular weight is 340 g/mol. The van der Waals surface area contributed by atoms with Crippen LogP contribution in [0.1, 0.15) is 30.6 Å². The van der Waals surface area contributed by atoms with Crippen molar-refractivity contribution < 1.29 is 9.53 Å². The first kappa shape index (κ1) is 18.0. The fourth-order valence-electron chi connectivity index (χ4n) is 2.57. The SMILES string of the molecule is CC(C)Oc1ccc(Cl)cc1C(=O)NCCCN1CCNCC1. The standard InChI is InChI=1S/C17H26ClN3O2/c1-13(2)23-16-5-4-14(18)12-15(16)17(22)20-6-3-9-21-10-7-19-8-11-21/h4-5,12-13,19H,3,6-11H2,1-2H3,(H,20,22). The van der Waals surface area contributed by atoms with Crippen molar-refractivity contribution >= 4 is 17.5 Å². The number of piperazine rings is 1. The van der Waals surface area contributed by atoms with Crippen LogP contribution in [0.5, 0.6) is 5.75 Å². The molecular formula is C17H26ClN3O2. The van der Waals surface area contributed by atoms with Crippen LogP contribution < -0.4 is 15.4 Å². The van der Waals surface area contributed by atoms with E-state index in [0.29, 0.717) is 22.9 Å². The van der Waals surface area contributed by atoms with Gasteiger partial charge in [-0.2, -0.15) is 0 Å². The summed E-state index contributed by atoms with van der Waals surface area (Å²) in [5, 5.41) is 6.83. The van der Waals surface area contributed by atoms with Gasteiger partial charge in [0.15, 0.2) is 0 Å². The highest BCUT2D eigenvalue weighted by molar-refractivity contribution is 6.31. The van der Waals surface area contributed by atoms with Gasteiger partial charge in [0.25, 0.3) is 5.91 Å². The van der Waals surface area contributed by atoms with Crippen LogP contribution in [0.2, 0.25) is 5.02 Å². The molecule has 0 aliphatic carbocycles. The summed E-state index contributed by atoms with van der Waals surface area (Å²) in [6.07, 6.45) is 0.947. The van der Waals surface area contributed by atoms with E-state index in [4.69, 9.17) is 16.3 Å². The molecule has 23 heavy (non-hydrogen) atoms. The first-order valence-corrected chi connectivity index (χ1v) is 8.61. The Balaban J connectivity index is 1.83. The van der Waals surface area contributed by atoms with Gasteiger partial charge in [-0.1, -0.05) is 11.6 Å². The number of rotatable bonds is 7. The Morgan fingerprint density at radius 1 is 1.39 bits per heavy atom. The summed E-state index contributed by atoms with van der Waals surface area (Å²) >= 11 is 6.01. The van der Waals surface area contributed by atoms with Crippen molar-refractivity contribution in [1.29, 1.82) is 0 Å². The zero-order chi connectivity index (χ0) is 16.7. The lowest BCUT2D eigenvalue weighted by molar-refractivity contribution is 0.0945. The Kier molecular flexibility index (Phi) is 7.15. The normalized spacial score (nSPS) is 15.7. The van der Waals surface area contributed by atoms with E-state index in [1.807, 2.05) is 13.8 Å². The van der Waals surface area contributed by atoms with Crippen LogP contribution in [-0.4, -0.2) is 56.2 Å². The van der Waals surface area contributed by atoms with Crippen molar-refractivity contribution in [3.05, 3.63) is 28.8 Å². The van der Waals surface area contributed by atoms with Crippen molar-refractivity contribution in [2.75, 3.05) is 39.3 Å². The minimum Gasteiger partial charge on any atom is -0.490 e. The summed E-state index contributed by atoms with van der Waals surface area (Å²) in [7, 11) is 0. The van der Waals surface area contributed by atoms with Crippen molar-refractivity contribution in [1.82, 2.24) is 15.5 Å². The zero-order valence-electron chi connectivity index (χ0n) is 13.9. The second kappa shape index (κ2) is 9.11. The fourth-order valence-corrected chi connectivity index (χ4v) is 2.74. The van der Waals surface area contributed by atoms with Gasteiger partial charge in [-0.05, 0) is 45.0 Å². The first-order chi connectivity index (χ1) is 11.1. The van der Waals surface area contributed by atoms with Gasteiger partial charge >= 0.3 is 0 Å². The fraction of sp³-hybridized carbons (Fsp3) is 0.588. The first-order valence-electron chi connectivity index (χ1n) is 8.24. The molecule has 0 radical (unpaired) electrons. The molecule has 2 rings (SSSR count). The molecule has 0 saturated carbocycles. The summed E-state index contributed by atoms with van der Waals surface area (Å²) in [5.74, 6) is 0.437. The number of amides is 1. The molecule has 0 bridgehead atoms. The third-order valence-electron chi connectivity index (χ3n) is 3.70. The number of carbonyl (C=O) groups excluding carboxylic acids is 1. The minimum absolute atomic E-state index is 0.00966. The van der Waals surface area contributed by atoms with Gasteiger partial charge in [-0.25, -0.2) is 0 Å². The number of nitrogens with zero attached hydrogens (tertiary/aromatic N) is 1. The predicted molar refractivity (Wildman–Crippen MR) is 93.5 cm³/mol. The summed E-state index contributed by atoms with van der Waals surface area (Å²) in [4.78, 5) is 14.8. The largest absolute Gasteiger partial charge is 0.490 e. The number of hydrogen-bond donors (Lipinski definition) is 2. The second-order valence-electron chi connectivity index (χ2n) is 6.01. The van der Waals surface area contributed by atoms with E-state index in [0.717, 1.165) is 39.1 Å². The van der Waals surface area contributed by atoms with Crippen molar-refractivity contribution in [3.8, 4) is 5.75 Å². The number of benzene rings is 1. The Bertz CT molecular complexity index is 517. The van der Waals surface area contributed by atoms with Gasteiger partial charge in [0.1, 0.15) is 5.75 Å². The quantitative estimate of drug-likeness (QED) is 0.747. The molecule has 5 nitrogen and oxygen atoms in total. The summed E-state index contributed by atoms with van der Waals surface area (Å²) in [6, 6.07) is 5.14. The van der Waals surface area contributed by atoms with Crippen LogP contribution in [0.4, 0.5) is 0 Å². The van der Waals surface area contributed by atoms with Crippen LogP contribution >= 0.6 is 11.6 Å². The Hall–Kier alpha value is -1.30. The minimum atomic E-state index is -0.136. The van der Waals surface area contributed by atoms with Gasteiger partial charge in [0.05, 0.1) is 11.7 Å². The highest BCUT2D eigenvalue weighted by Gasteiger charge is 2.14. The Morgan fingerprint density at radius 3 is 2.83 bits per heavy atom. The lowest BCUT2D eigenvalue weighted by Crippen LogP contribution is -2.44. The topological polar surface area (TPSA) is 53.6 Å². The Labute approximate surface area is 143 Å². The lowest BCUT2D eigenvalue weighted by Gasteiger charge is -2.27. The maximum Gasteiger partial charge on any atom is 0.255 e. The molecule has 0 atom stereocenters. The van der Waals surface area contributed by atoms with Crippen LogP contribution in [0.25, 0.3) is 0 Å². The smallest absolute Gasteiger partial charge is 0.255 e. The molecule has 1 heterocycles. The molecule has 1 saturated heterocycles. The molecular weight excluding hydrogens is 314 g/mol. The lowest BCUT2D eigenvalue weighted by atomic mass is 10.2. The molecule has 2 N–H and O–H groups in total. The summed E-state index contributed by atoms with van der Waals surface area (Å²) in [6.45, 7) is 9.77. The average Bonchev–Trinajstić information content (AvgIpc) is 2.53.